The van der Waals surface area contributed by atoms with Crippen LogP contribution < -0.4 is 14.9 Å². The molecule has 0 unspecified atom stereocenters. The average molecular weight is 449 g/mol. The Hall–Kier alpha value is -3.78. The van der Waals surface area contributed by atoms with Crippen LogP contribution in [0.1, 0.15) is 41.4 Å². The third kappa shape index (κ3) is 3.80. The number of carbonyl (C=O) groups is 2. The summed E-state index contributed by atoms with van der Waals surface area (Å²) in [5.41, 5.74) is 1.71. The van der Waals surface area contributed by atoms with Gasteiger partial charge < -0.3 is 9.84 Å². The van der Waals surface area contributed by atoms with E-state index in [1.54, 1.807) is 38.1 Å². The van der Waals surface area contributed by atoms with Gasteiger partial charge in [0.1, 0.15) is 0 Å². The predicted octanol–water partition coefficient (Wildman–Crippen LogP) is 2.50. The molecule has 162 valence electrons. The Balaban J connectivity index is 1.97. The van der Waals surface area contributed by atoms with Crippen molar-refractivity contribution >= 4 is 29.4 Å². The summed E-state index contributed by atoms with van der Waals surface area (Å²) in [6.45, 7) is 3.65. The van der Waals surface area contributed by atoms with Gasteiger partial charge in [0.2, 0.25) is 0 Å². The Morgan fingerprint density at radius 1 is 1.16 bits per heavy atom. The van der Waals surface area contributed by atoms with Crippen molar-refractivity contribution in [3.8, 4) is 0 Å². The van der Waals surface area contributed by atoms with E-state index in [2.05, 4.69) is 4.99 Å². The highest BCUT2D eigenvalue weighted by Crippen LogP contribution is 2.30. The highest BCUT2D eigenvalue weighted by molar-refractivity contribution is 7.07. The third-order valence-electron chi connectivity index (χ3n) is 5.11. The van der Waals surface area contributed by atoms with E-state index in [0.717, 1.165) is 16.9 Å². The summed E-state index contributed by atoms with van der Waals surface area (Å²) in [5.74, 6) is -1.60. The van der Waals surface area contributed by atoms with Crippen LogP contribution in [0.15, 0.2) is 75.7 Å². The zero-order valence-corrected chi connectivity index (χ0v) is 18.3. The van der Waals surface area contributed by atoms with Gasteiger partial charge in [-0.2, -0.15) is 0 Å². The van der Waals surface area contributed by atoms with Crippen molar-refractivity contribution in [2.45, 2.75) is 19.9 Å². The number of hydrogen-bond donors (Lipinski definition) is 1. The minimum atomic E-state index is -1.08. The summed E-state index contributed by atoms with van der Waals surface area (Å²) < 4.78 is 7.07. The standard InChI is InChI=1S/C24H20N2O5S/c1-3-31-23(30)19-14(2)25-24-26(20(19)15-9-5-4-6-10-15)21(27)18(32-24)13-16-11-7-8-12-17(16)22(28)29/h4-13,20H,3H2,1-2H3,(H,28,29)/b18-13-/t20-/m0/s1. The smallest absolute Gasteiger partial charge is 0.338 e. The van der Waals surface area contributed by atoms with E-state index < -0.39 is 18.0 Å². The van der Waals surface area contributed by atoms with Crippen molar-refractivity contribution in [3.05, 3.63) is 102 Å². The molecule has 7 nitrogen and oxygen atoms in total. The summed E-state index contributed by atoms with van der Waals surface area (Å²) in [5, 5.41) is 9.47. The fourth-order valence-electron chi connectivity index (χ4n) is 3.70. The first kappa shape index (κ1) is 21.5. The SMILES string of the molecule is CCOC(=O)C1=C(C)N=c2s/c(=C\c3ccccc3C(=O)O)c(=O)n2[C@H]1c1ccccc1. The number of nitrogens with zero attached hydrogens (tertiary/aromatic N) is 2. The molecule has 8 heteroatoms. The van der Waals surface area contributed by atoms with Crippen LogP contribution in [-0.4, -0.2) is 28.2 Å². The maximum atomic E-state index is 13.5. The van der Waals surface area contributed by atoms with Crippen molar-refractivity contribution < 1.29 is 19.4 Å². The van der Waals surface area contributed by atoms with Crippen LogP contribution in [0, 0.1) is 0 Å². The molecular formula is C24H20N2O5S. The number of allylic oxidation sites excluding steroid dienone is 1. The van der Waals surface area contributed by atoms with Crippen LogP contribution in [0.4, 0.5) is 0 Å². The number of esters is 1. The first-order valence-electron chi connectivity index (χ1n) is 9.99. The molecule has 0 aliphatic carbocycles. The van der Waals surface area contributed by atoms with Crippen LogP contribution in [0.5, 0.6) is 0 Å². The summed E-state index contributed by atoms with van der Waals surface area (Å²) in [4.78, 5) is 42.8. The second kappa shape index (κ2) is 8.76. The van der Waals surface area contributed by atoms with Crippen molar-refractivity contribution in [3.63, 3.8) is 0 Å². The monoisotopic (exact) mass is 448 g/mol. The van der Waals surface area contributed by atoms with Crippen molar-refractivity contribution in [1.29, 1.82) is 0 Å². The number of thiazole rings is 1. The molecular weight excluding hydrogens is 428 g/mol. The molecule has 0 spiro atoms. The van der Waals surface area contributed by atoms with Crippen molar-refractivity contribution in [2.75, 3.05) is 6.61 Å². The number of aromatic carboxylic acids is 1. The molecule has 0 fully saturated rings. The lowest BCUT2D eigenvalue weighted by Gasteiger charge is -2.24. The van der Waals surface area contributed by atoms with Crippen molar-refractivity contribution in [2.24, 2.45) is 4.99 Å². The molecule has 1 N–H and O–H groups in total. The van der Waals surface area contributed by atoms with Gasteiger partial charge in [0, 0.05) is 0 Å². The number of aromatic nitrogens is 1. The molecule has 1 aliphatic heterocycles. The summed E-state index contributed by atoms with van der Waals surface area (Å²) >= 11 is 1.16. The topological polar surface area (TPSA) is 98.0 Å². The first-order valence-corrected chi connectivity index (χ1v) is 10.8. The van der Waals surface area contributed by atoms with E-state index in [0.29, 0.717) is 26.2 Å². The van der Waals surface area contributed by atoms with E-state index in [9.17, 15) is 19.5 Å². The van der Waals surface area contributed by atoms with Gasteiger partial charge in [0.05, 0.1) is 34.0 Å². The molecule has 1 atom stereocenters. The molecule has 32 heavy (non-hydrogen) atoms. The molecule has 2 aromatic carbocycles. The lowest BCUT2D eigenvalue weighted by Crippen LogP contribution is -2.39. The number of benzene rings is 2. The maximum absolute atomic E-state index is 13.5. The molecule has 0 saturated heterocycles. The zero-order chi connectivity index (χ0) is 22.8. The lowest BCUT2D eigenvalue weighted by molar-refractivity contribution is -0.139. The molecule has 2 heterocycles. The second-order valence-electron chi connectivity index (χ2n) is 7.11. The number of hydrogen-bond acceptors (Lipinski definition) is 6. The summed E-state index contributed by atoms with van der Waals surface area (Å²) in [6.07, 6.45) is 1.55. The molecule has 1 aromatic heterocycles. The second-order valence-corrected chi connectivity index (χ2v) is 8.11. The van der Waals surface area contributed by atoms with Crippen molar-refractivity contribution in [1.82, 2.24) is 4.57 Å². The van der Waals surface area contributed by atoms with Gasteiger partial charge >= 0.3 is 11.9 Å². The van der Waals surface area contributed by atoms with E-state index in [1.807, 2.05) is 30.3 Å². The Labute approximate surface area is 187 Å². The fourth-order valence-corrected chi connectivity index (χ4v) is 4.74. The largest absolute Gasteiger partial charge is 0.478 e. The molecule has 0 amide bonds. The maximum Gasteiger partial charge on any atom is 0.338 e. The fraction of sp³-hybridized carbons (Fsp3) is 0.167. The molecule has 0 saturated carbocycles. The molecule has 1 aliphatic rings. The minimum absolute atomic E-state index is 0.0985. The predicted molar refractivity (Wildman–Crippen MR) is 120 cm³/mol. The van der Waals surface area contributed by atoms with Crippen LogP contribution in [0.3, 0.4) is 0 Å². The Morgan fingerprint density at radius 2 is 1.84 bits per heavy atom. The molecule has 3 aromatic rings. The van der Waals surface area contributed by atoms with Crippen LogP contribution in [0.25, 0.3) is 6.08 Å². The number of rotatable bonds is 5. The average Bonchev–Trinajstić information content (AvgIpc) is 3.08. The van der Waals surface area contributed by atoms with E-state index in [1.165, 1.54) is 10.6 Å². The zero-order valence-electron chi connectivity index (χ0n) is 17.4. The van der Waals surface area contributed by atoms with Gasteiger partial charge in [-0.05, 0) is 37.1 Å². The number of fused-ring (bicyclic) bond motifs is 1. The normalized spacial score (nSPS) is 15.8. The quantitative estimate of drug-likeness (QED) is 0.605. The molecule has 0 bridgehead atoms. The van der Waals surface area contributed by atoms with E-state index in [4.69, 9.17) is 4.74 Å². The van der Waals surface area contributed by atoms with E-state index >= 15 is 0 Å². The lowest BCUT2D eigenvalue weighted by atomic mass is 9.96. The first-order chi connectivity index (χ1) is 15.4. The minimum Gasteiger partial charge on any atom is -0.478 e. The summed E-state index contributed by atoms with van der Waals surface area (Å²) in [7, 11) is 0. The van der Waals surface area contributed by atoms with Gasteiger partial charge in [0.15, 0.2) is 4.80 Å². The van der Waals surface area contributed by atoms with Gasteiger partial charge in [0.25, 0.3) is 5.56 Å². The Morgan fingerprint density at radius 3 is 2.53 bits per heavy atom. The highest BCUT2D eigenvalue weighted by atomic mass is 32.1. The van der Waals surface area contributed by atoms with Gasteiger partial charge in [-0.25, -0.2) is 14.6 Å². The van der Waals surface area contributed by atoms with Gasteiger partial charge in [-0.1, -0.05) is 59.9 Å². The molecule has 0 radical (unpaired) electrons. The highest BCUT2D eigenvalue weighted by Gasteiger charge is 2.33. The number of carboxylic acid groups (broad SMARTS) is 1. The van der Waals surface area contributed by atoms with Crippen LogP contribution in [-0.2, 0) is 9.53 Å². The van der Waals surface area contributed by atoms with Gasteiger partial charge in [-0.3, -0.25) is 9.36 Å². The summed E-state index contributed by atoms with van der Waals surface area (Å²) in [6, 6.07) is 15.0. The Kier molecular flexibility index (Phi) is 5.87. The number of carboxylic acids is 1. The Bertz CT molecular complexity index is 1420. The number of ether oxygens (including phenoxy) is 1. The third-order valence-corrected chi connectivity index (χ3v) is 6.09. The van der Waals surface area contributed by atoms with E-state index in [-0.39, 0.29) is 17.7 Å². The van der Waals surface area contributed by atoms with Gasteiger partial charge in [-0.15, -0.1) is 0 Å². The van der Waals surface area contributed by atoms with Crippen LogP contribution >= 0.6 is 11.3 Å². The van der Waals surface area contributed by atoms with Crippen LogP contribution in [0.2, 0.25) is 0 Å². The molecule has 4 rings (SSSR count). The number of carbonyl (C=O) groups excluding carboxylic acids is 1.